The van der Waals surface area contributed by atoms with Crippen LogP contribution in [0.15, 0.2) is 0 Å². The number of hydrogen-bond acceptors (Lipinski definition) is 5. The highest BCUT2D eigenvalue weighted by Gasteiger charge is 2.24. The van der Waals surface area contributed by atoms with Crippen LogP contribution in [-0.2, 0) is 14.3 Å². The fraction of sp³-hybridized carbons (Fsp3) is 0.962. The molecule has 0 rings (SSSR count). The number of aliphatic hydroxyl groups is 2. The highest BCUT2D eigenvalue weighted by atomic mass is 16.5. The molecule has 0 radical (unpaired) electrons. The van der Waals surface area contributed by atoms with E-state index < -0.39 is 18.2 Å². The smallest absolute Gasteiger partial charge is 0.306 e. The normalized spacial score (nSPS) is 13.1. The average molecular weight is 822 g/mol. The monoisotopic (exact) mass is 822 g/mol. The molecule has 0 bridgehead atoms. The average Bonchev–Trinajstić information content (AvgIpc) is 3.22. The summed E-state index contributed by atoms with van der Waals surface area (Å²) in [5.74, 6) is -0.453. The lowest BCUT2D eigenvalue weighted by Crippen LogP contribution is -2.46. The van der Waals surface area contributed by atoms with Crippen molar-refractivity contribution in [1.82, 2.24) is 5.32 Å². The quantitative estimate of drug-likeness (QED) is 0.0420. The number of unbranched alkanes of at least 4 members (excludes halogenated alkanes) is 36. The van der Waals surface area contributed by atoms with Gasteiger partial charge in [-0.3, -0.25) is 9.59 Å². The molecule has 0 aromatic heterocycles. The summed E-state index contributed by atoms with van der Waals surface area (Å²) in [5, 5.41) is 23.7. The summed E-state index contributed by atoms with van der Waals surface area (Å²) < 4.78 is 5.93. The lowest BCUT2D eigenvalue weighted by Gasteiger charge is -2.24. The van der Waals surface area contributed by atoms with Crippen LogP contribution in [0.25, 0.3) is 0 Å². The second-order valence-corrected chi connectivity index (χ2v) is 18.3. The Kier molecular flexibility index (Phi) is 46.0. The predicted molar refractivity (Wildman–Crippen MR) is 250 cm³/mol. The zero-order valence-electron chi connectivity index (χ0n) is 39.5. The summed E-state index contributed by atoms with van der Waals surface area (Å²) in [6, 6.07) is -0.690. The highest BCUT2D eigenvalue weighted by Crippen LogP contribution is 2.19. The fourth-order valence-electron chi connectivity index (χ4n) is 8.43. The summed E-state index contributed by atoms with van der Waals surface area (Å²) >= 11 is 0. The van der Waals surface area contributed by atoms with E-state index in [-0.39, 0.29) is 24.9 Å². The first-order valence-electron chi connectivity index (χ1n) is 26.3. The zero-order valence-corrected chi connectivity index (χ0v) is 39.5. The van der Waals surface area contributed by atoms with Gasteiger partial charge in [-0.25, -0.2) is 0 Å². The molecule has 3 unspecified atom stereocenters. The molecule has 0 aliphatic carbocycles. The molecule has 0 heterocycles. The van der Waals surface area contributed by atoms with Crippen molar-refractivity contribution in [1.29, 1.82) is 0 Å². The number of carbonyl (C=O) groups is 2. The third kappa shape index (κ3) is 41.6. The minimum absolute atomic E-state index is 0.0871. The van der Waals surface area contributed by atoms with Gasteiger partial charge in [0.1, 0.15) is 6.10 Å². The standard InChI is InChI=1S/C52H103NO5/c1-4-7-10-13-16-19-22-23-24-25-26-27-28-29-30-33-36-39-42-45-52(57)58-48(43-40-37-34-31-20-17-14-11-8-5-2)46-51(56)53-49(47-54)50(55)44-41-38-35-32-21-18-15-12-9-6-3/h48-50,54-55H,4-47H2,1-3H3,(H,53,56). The second kappa shape index (κ2) is 46.9. The van der Waals surface area contributed by atoms with Gasteiger partial charge in [-0.05, 0) is 25.7 Å². The third-order valence-electron chi connectivity index (χ3n) is 12.4. The van der Waals surface area contributed by atoms with E-state index in [1.165, 1.54) is 212 Å². The van der Waals surface area contributed by atoms with Gasteiger partial charge in [0.25, 0.3) is 0 Å². The second-order valence-electron chi connectivity index (χ2n) is 18.3. The van der Waals surface area contributed by atoms with E-state index in [1.54, 1.807) is 0 Å². The molecule has 1 amide bonds. The van der Waals surface area contributed by atoms with Crippen molar-refractivity contribution < 1.29 is 24.5 Å². The molecule has 0 aromatic carbocycles. The highest BCUT2D eigenvalue weighted by molar-refractivity contribution is 5.77. The maximum absolute atomic E-state index is 13.2. The van der Waals surface area contributed by atoms with Gasteiger partial charge in [0, 0.05) is 6.42 Å². The van der Waals surface area contributed by atoms with E-state index in [9.17, 15) is 19.8 Å². The van der Waals surface area contributed by atoms with Crippen LogP contribution in [0.2, 0.25) is 0 Å². The van der Waals surface area contributed by atoms with Crippen LogP contribution < -0.4 is 5.32 Å². The lowest BCUT2D eigenvalue weighted by atomic mass is 10.0. The summed E-state index contributed by atoms with van der Waals surface area (Å²) in [6.45, 7) is 6.49. The molecule has 58 heavy (non-hydrogen) atoms. The number of rotatable bonds is 48. The Bertz CT molecular complexity index is 837. The van der Waals surface area contributed by atoms with E-state index in [1.807, 2.05) is 0 Å². The summed E-state index contributed by atoms with van der Waals surface area (Å²) in [5.41, 5.74) is 0. The molecule has 6 heteroatoms. The largest absolute Gasteiger partial charge is 0.462 e. The van der Waals surface area contributed by atoms with Gasteiger partial charge < -0.3 is 20.3 Å². The van der Waals surface area contributed by atoms with Gasteiger partial charge >= 0.3 is 5.97 Å². The molecular formula is C52H103NO5. The predicted octanol–water partition coefficient (Wildman–Crippen LogP) is 15.6. The number of ether oxygens (including phenoxy) is 1. The van der Waals surface area contributed by atoms with Crippen LogP contribution >= 0.6 is 0 Å². The summed E-state index contributed by atoms with van der Waals surface area (Å²) in [7, 11) is 0. The van der Waals surface area contributed by atoms with Crippen molar-refractivity contribution in [3.05, 3.63) is 0 Å². The SMILES string of the molecule is CCCCCCCCCCCCCCCCCCCCCC(=O)OC(CCCCCCCCCCCC)CC(=O)NC(CO)C(O)CCCCCCCCCCCC. The molecule has 0 saturated heterocycles. The molecule has 0 spiro atoms. The van der Waals surface area contributed by atoms with Crippen LogP contribution in [0.5, 0.6) is 0 Å². The van der Waals surface area contributed by atoms with Gasteiger partial charge in [0.15, 0.2) is 0 Å². The summed E-state index contributed by atoms with van der Waals surface area (Å²) in [6.07, 6.45) is 50.3. The Labute approximate surface area is 362 Å². The van der Waals surface area contributed by atoms with E-state index in [4.69, 9.17) is 4.74 Å². The van der Waals surface area contributed by atoms with Crippen LogP contribution in [-0.4, -0.2) is 46.9 Å². The van der Waals surface area contributed by atoms with Crippen LogP contribution in [0, 0.1) is 0 Å². The van der Waals surface area contributed by atoms with Crippen molar-refractivity contribution in [2.45, 2.75) is 315 Å². The minimum atomic E-state index is -0.777. The van der Waals surface area contributed by atoms with E-state index >= 15 is 0 Å². The Balaban J connectivity index is 4.37. The first-order chi connectivity index (χ1) is 28.5. The van der Waals surface area contributed by atoms with Crippen molar-refractivity contribution in [3.8, 4) is 0 Å². The van der Waals surface area contributed by atoms with Gasteiger partial charge in [-0.1, -0.05) is 258 Å². The Hall–Kier alpha value is -1.14. The van der Waals surface area contributed by atoms with Crippen molar-refractivity contribution in [2.75, 3.05) is 6.61 Å². The Morgan fingerprint density at radius 1 is 0.431 bits per heavy atom. The van der Waals surface area contributed by atoms with Crippen molar-refractivity contribution in [2.24, 2.45) is 0 Å². The van der Waals surface area contributed by atoms with E-state index in [2.05, 4.69) is 26.1 Å². The van der Waals surface area contributed by atoms with E-state index in [0.29, 0.717) is 19.3 Å². The molecular weight excluding hydrogens is 719 g/mol. The fourth-order valence-corrected chi connectivity index (χ4v) is 8.43. The first-order valence-corrected chi connectivity index (χ1v) is 26.3. The topological polar surface area (TPSA) is 95.9 Å². The lowest BCUT2D eigenvalue weighted by molar-refractivity contribution is -0.151. The Morgan fingerprint density at radius 3 is 1.05 bits per heavy atom. The number of aliphatic hydroxyl groups excluding tert-OH is 2. The van der Waals surface area contributed by atoms with Gasteiger partial charge in [-0.15, -0.1) is 0 Å². The molecule has 0 aliphatic rings. The molecule has 6 nitrogen and oxygen atoms in total. The number of hydrogen-bond donors (Lipinski definition) is 3. The molecule has 0 fully saturated rings. The first kappa shape index (κ1) is 56.9. The van der Waals surface area contributed by atoms with Gasteiger partial charge in [0.05, 0.1) is 25.2 Å². The molecule has 0 aromatic rings. The zero-order chi connectivity index (χ0) is 42.4. The van der Waals surface area contributed by atoms with Crippen molar-refractivity contribution >= 4 is 11.9 Å². The molecule has 346 valence electrons. The molecule has 0 saturated carbocycles. The van der Waals surface area contributed by atoms with Gasteiger partial charge in [0.2, 0.25) is 5.91 Å². The number of amides is 1. The molecule has 3 N–H and O–H groups in total. The maximum atomic E-state index is 13.2. The van der Waals surface area contributed by atoms with Crippen molar-refractivity contribution in [3.63, 3.8) is 0 Å². The number of carbonyl (C=O) groups excluding carboxylic acids is 2. The van der Waals surface area contributed by atoms with Gasteiger partial charge in [-0.2, -0.15) is 0 Å². The van der Waals surface area contributed by atoms with Crippen LogP contribution in [0.3, 0.4) is 0 Å². The number of esters is 1. The number of nitrogens with one attached hydrogen (secondary N) is 1. The molecule has 0 aliphatic heterocycles. The third-order valence-corrected chi connectivity index (χ3v) is 12.4. The van der Waals surface area contributed by atoms with Crippen LogP contribution in [0.4, 0.5) is 0 Å². The Morgan fingerprint density at radius 2 is 0.724 bits per heavy atom. The maximum Gasteiger partial charge on any atom is 0.306 e. The van der Waals surface area contributed by atoms with Crippen LogP contribution in [0.1, 0.15) is 297 Å². The van der Waals surface area contributed by atoms with E-state index in [0.717, 1.165) is 38.5 Å². The molecule has 3 atom stereocenters. The summed E-state index contributed by atoms with van der Waals surface area (Å²) in [4.78, 5) is 26.1. The minimum Gasteiger partial charge on any atom is -0.462 e.